The maximum absolute atomic E-state index is 5.64. The third-order valence-corrected chi connectivity index (χ3v) is 4.53. The first-order valence-electron chi connectivity index (χ1n) is 8.94. The maximum Gasteiger partial charge on any atom is 0.174 e. The van der Waals surface area contributed by atoms with E-state index in [1.807, 2.05) is 29.2 Å². The number of hydrogen-bond donors (Lipinski definition) is 1. The molecule has 0 radical (unpaired) electrons. The highest BCUT2D eigenvalue weighted by molar-refractivity contribution is 7.80. The van der Waals surface area contributed by atoms with E-state index in [-0.39, 0.29) is 0 Å². The van der Waals surface area contributed by atoms with Crippen LogP contribution in [-0.4, -0.2) is 10.0 Å². The highest BCUT2D eigenvalue weighted by atomic mass is 32.1. The Hall–Kier alpha value is -2.53. The van der Waals surface area contributed by atoms with Gasteiger partial charge in [-0.2, -0.15) is 0 Å². The van der Waals surface area contributed by atoms with E-state index in [1.54, 1.807) is 12.5 Å². The summed E-state index contributed by atoms with van der Waals surface area (Å²) in [5, 5.41) is 3.96. The van der Waals surface area contributed by atoms with Crippen LogP contribution in [0.2, 0.25) is 0 Å². The molecule has 1 N–H and O–H groups in total. The zero-order valence-corrected chi connectivity index (χ0v) is 15.8. The molecule has 0 spiro atoms. The van der Waals surface area contributed by atoms with Crippen molar-refractivity contribution in [3.63, 3.8) is 0 Å². The van der Waals surface area contributed by atoms with Gasteiger partial charge in [0.25, 0.3) is 0 Å². The van der Waals surface area contributed by atoms with Crippen LogP contribution in [0.15, 0.2) is 69.9 Å². The number of nitrogens with zero attached hydrogens (tertiary/aromatic N) is 1. The minimum absolute atomic E-state index is 0.577. The molecule has 4 nitrogen and oxygen atoms in total. The van der Waals surface area contributed by atoms with E-state index in [1.165, 1.54) is 18.4 Å². The molecule has 0 aliphatic carbocycles. The summed E-state index contributed by atoms with van der Waals surface area (Å²) >= 11 is 5.64. The number of anilines is 1. The molecule has 0 amide bonds. The van der Waals surface area contributed by atoms with Gasteiger partial charge in [-0.15, -0.1) is 0 Å². The predicted octanol–water partition coefficient (Wildman–Crippen LogP) is 5.61. The van der Waals surface area contributed by atoms with Gasteiger partial charge in [-0.25, -0.2) is 0 Å². The van der Waals surface area contributed by atoms with Crippen LogP contribution in [0.25, 0.3) is 0 Å². The minimum atomic E-state index is 0.577. The number of rotatable bonds is 8. The first-order chi connectivity index (χ1) is 12.7. The van der Waals surface area contributed by atoms with Gasteiger partial charge in [-0.05, 0) is 67.0 Å². The number of aryl methyl sites for hydroxylation is 1. The van der Waals surface area contributed by atoms with Crippen LogP contribution in [-0.2, 0) is 19.5 Å². The van der Waals surface area contributed by atoms with E-state index in [9.17, 15) is 0 Å². The fraction of sp³-hybridized carbons (Fsp3) is 0.286. The highest BCUT2D eigenvalue weighted by Crippen LogP contribution is 2.16. The Morgan fingerprint density at radius 1 is 0.962 bits per heavy atom. The van der Waals surface area contributed by atoms with Crippen molar-refractivity contribution in [2.45, 2.75) is 39.3 Å². The Morgan fingerprint density at radius 2 is 1.58 bits per heavy atom. The lowest BCUT2D eigenvalue weighted by Gasteiger charge is -2.24. The van der Waals surface area contributed by atoms with Gasteiger partial charge in [-0.3, -0.25) is 0 Å². The normalized spacial score (nSPS) is 10.7. The van der Waals surface area contributed by atoms with Gasteiger partial charge in [-0.1, -0.05) is 25.5 Å². The lowest BCUT2D eigenvalue weighted by molar-refractivity contribution is 0.329. The molecule has 0 saturated heterocycles. The van der Waals surface area contributed by atoms with Gasteiger partial charge < -0.3 is 19.1 Å². The third-order valence-electron chi connectivity index (χ3n) is 4.17. The molecular formula is C21H24N2O2S. The number of hydrogen-bond acceptors (Lipinski definition) is 3. The van der Waals surface area contributed by atoms with Crippen LogP contribution >= 0.6 is 12.2 Å². The molecule has 0 unspecified atom stereocenters. The summed E-state index contributed by atoms with van der Waals surface area (Å²) in [6.45, 7) is 3.36. The van der Waals surface area contributed by atoms with Gasteiger partial charge in [0.05, 0.1) is 25.6 Å². The van der Waals surface area contributed by atoms with Crippen molar-refractivity contribution >= 4 is 23.0 Å². The minimum Gasteiger partial charge on any atom is -0.467 e. The molecule has 136 valence electrons. The quantitative estimate of drug-likeness (QED) is 0.523. The van der Waals surface area contributed by atoms with Crippen molar-refractivity contribution < 1.29 is 8.83 Å². The van der Waals surface area contributed by atoms with E-state index in [2.05, 4.69) is 36.5 Å². The molecule has 3 aromatic rings. The van der Waals surface area contributed by atoms with E-state index in [0.29, 0.717) is 18.2 Å². The lowest BCUT2D eigenvalue weighted by atomic mass is 10.1. The SMILES string of the molecule is CCCCc1ccc(NC(=S)N(Cc2ccco2)Cc2ccco2)cc1. The fourth-order valence-electron chi connectivity index (χ4n) is 2.72. The van der Waals surface area contributed by atoms with E-state index >= 15 is 0 Å². The summed E-state index contributed by atoms with van der Waals surface area (Å²) in [4.78, 5) is 2.03. The molecule has 2 aromatic heterocycles. The van der Waals surface area contributed by atoms with Crippen LogP contribution in [0, 0.1) is 0 Å². The number of furan rings is 2. The highest BCUT2D eigenvalue weighted by Gasteiger charge is 2.14. The predicted molar refractivity (Wildman–Crippen MR) is 108 cm³/mol. The molecule has 3 rings (SSSR count). The second-order valence-electron chi connectivity index (χ2n) is 6.25. The monoisotopic (exact) mass is 368 g/mol. The van der Waals surface area contributed by atoms with Gasteiger partial charge in [0.1, 0.15) is 11.5 Å². The van der Waals surface area contributed by atoms with Crippen LogP contribution in [0.5, 0.6) is 0 Å². The second-order valence-corrected chi connectivity index (χ2v) is 6.63. The molecular weight excluding hydrogens is 344 g/mol. The Morgan fingerprint density at radius 3 is 2.08 bits per heavy atom. The van der Waals surface area contributed by atoms with Gasteiger partial charge >= 0.3 is 0 Å². The Bertz CT molecular complexity index is 744. The first-order valence-corrected chi connectivity index (χ1v) is 9.35. The third kappa shape index (κ3) is 5.23. The number of nitrogens with one attached hydrogen (secondary N) is 1. The largest absolute Gasteiger partial charge is 0.467 e. The van der Waals surface area contributed by atoms with Crippen LogP contribution in [0.3, 0.4) is 0 Å². The number of thiocarbonyl (C=S) groups is 1. The average Bonchev–Trinajstić information content (AvgIpc) is 3.34. The zero-order chi connectivity index (χ0) is 18.2. The van der Waals surface area contributed by atoms with Gasteiger partial charge in [0.2, 0.25) is 0 Å². The van der Waals surface area contributed by atoms with Crippen LogP contribution < -0.4 is 5.32 Å². The lowest BCUT2D eigenvalue weighted by Crippen LogP contribution is -2.33. The van der Waals surface area contributed by atoms with Gasteiger partial charge in [0.15, 0.2) is 5.11 Å². The van der Waals surface area contributed by atoms with E-state index in [0.717, 1.165) is 23.6 Å². The maximum atomic E-state index is 5.64. The molecule has 0 aliphatic rings. The average molecular weight is 369 g/mol. The first kappa shape index (κ1) is 18.3. The molecule has 5 heteroatoms. The van der Waals surface area contributed by atoms with Crippen molar-refractivity contribution in [2.75, 3.05) is 5.32 Å². The van der Waals surface area contributed by atoms with Crippen molar-refractivity contribution in [3.8, 4) is 0 Å². The second kappa shape index (κ2) is 9.25. The molecule has 2 heterocycles. The zero-order valence-electron chi connectivity index (χ0n) is 15.0. The topological polar surface area (TPSA) is 41.5 Å². The summed E-state index contributed by atoms with van der Waals surface area (Å²) in [5.74, 6) is 1.71. The molecule has 26 heavy (non-hydrogen) atoms. The summed E-state index contributed by atoms with van der Waals surface area (Å²) in [7, 11) is 0. The van der Waals surface area contributed by atoms with E-state index < -0.39 is 0 Å². The van der Waals surface area contributed by atoms with Gasteiger partial charge in [0, 0.05) is 5.69 Å². The molecule has 0 fully saturated rings. The van der Waals surface area contributed by atoms with Crippen LogP contribution in [0.4, 0.5) is 5.69 Å². The molecule has 0 atom stereocenters. The van der Waals surface area contributed by atoms with Crippen molar-refractivity contribution in [1.29, 1.82) is 0 Å². The smallest absolute Gasteiger partial charge is 0.174 e. The Labute approximate surface area is 159 Å². The summed E-state index contributed by atoms with van der Waals surface area (Å²) in [6, 6.07) is 16.1. The van der Waals surface area contributed by atoms with E-state index in [4.69, 9.17) is 21.1 Å². The molecule has 0 aliphatic heterocycles. The van der Waals surface area contributed by atoms with Crippen molar-refractivity contribution in [3.05, 3.63) is 78.1 Å². The molecule has 0 bridgehead atoms. The fourth-order valence-corrected chi connectivity index (χ4v) is 2.97. The summed E-state index contributed by atoms with van der Waals surface area (Å²) < 4.78 is 11.0. The van der Waals surface area contributed by atoms with Crippen molar-refractivity contribution in [2.24, 2.45) is 0 Å². The molecule has 0 saturated carbocycles. The number of benzene rings is 1. The summed E-state index contributed by atoms with van der Waals surface area (Å²) in [5.41, 5.74) is 2.34. The Balaban J connectivity index is 1.66. The van der Waals surface area contributed by atoms with Crippen LogP contribution in [0.1, 0.15) is 36.8 Å². The number of unbranched alkanes of at least 4 members (excludes halogenated alkanes) is 1. The molecule has 1 aromatic carbocycles. The Kier molecular flexibility index (Phi) is 6.50. The summed E-state index contributed by atoms with van der Waals surface area (Å²) in [6.07, 6.45) is 6.88. The standard InChI is InChI=1S/C21H24N2O2S/c1-2-3-6-17-9-11-18(12-10-17)22-21(26)23(15-19-7-4-13-24-19)16-20-8-5-14-25-20/h4-5,7-14H,2-3,6,15-16H2,1H3,(H,22,26). The van der Waals surface area contributed by atoms with Crippen molar-refractivity contribution in [1.82, 2.24) is 4.90 Å².